The van der Waals surface area contributed by atoms with Crippen molar-refractivity contribution >= 4 is 21.5 Å². The van der Waals surface area contributed by atoms with Gasteiger partial charge in [0.2, 0.25) is 0 Å². The van der Waals surface area contributed by atoms with Crippen LogP contribution in [0, 0.1) is 0 Å². The Hall–Kier alpha value is -6.50. The smallest absolute Gasteiger partial charge is 0.00201 e. The van der Waals surface area contributed by atoms with Gasteiger partial charge in [-0.1, -0.05) is 200 Å². The Bertz CT molecular complexity index is 2540. The van der Waals surface area contributed by atoms with Gasteiger partial charge in [-0.2, -0.15) is 0 Å². The summed E-state index contributed by atoms with van der Waals surface area (Å²) in [5, 5.41) is 5.03. The number of benzene rings is 9. The Morgan fingerprint density at radius 3 is 1.04 bits per heavy atom. The fourth-order valence-electron chi connectivity index (χ4n) is 7.50. The summed E-state index contributed by atoms with van der Waals surface area (Å²) in [6, 6.07) is 74.9. The molecule has 50 heavy (non-hydrogen) atoms. The van der Waals surface area contributed by atoms with Crippen molar-refractivity contribution in [2.45, 2.75) is 0 Å². The van der Waals surface area contributed by atoms with Gasteiger partial charge >= 0.3 is 0 Å². The van der Waals surface area contributed by atoms with Gasteiger partial charge in [0.1, 0.15) is 0 Å². The second-order valence-electron chi connectivity index (χ2n) is 12.9. The van der Waals surface area contributed by atoms with Crippen LogP contribution < -0.4 is 0 Å². The first kappa shape index (κ1) is 29.6. The number of rotatable bonds is 6. The summed E-state index contributed by atoms with van der Waals surface area (Å²) >= 11 is 0. The molecular weight excluding hydrogens is 601 g/mol. The highest BCUT2D eigenvalue weighted by Gasteiger charge is 2.19. The van der Waals surface area contributed by atoms with E-state index in [2.05, 4.69) is 206 Å². The minimum atomic E-state index is 1.21. The maximum absolute atomic E-state index is 2.35. The van der Waals surface area contributed by atoms with E-state index >= 15 is 0 Å². The summed E-state index contributed by atoms with van der Waals surface area (Å²) in [7, 11) is 0. The highest BCUT2D eigenvalue weighted by atomic mass is 14.2. The van der Waals surface area contributed by atoms with Gasteiger partial charge in [0.15, 0.2) is 0 Å². The van der Waals surface area contributed by atoms with Gasteiger partial charge in [0, 0.05) is 0 Å². The average Bonchev–Trinajstić information content (AvgIpc) is 3.21. The van der Waals surface area contributed by atoms with Gasteiger partial charge in [-0.15, -0.1) is 0 Å². The highest BCUT2D eigenvalue weighted by molar-refractivity contribution is 6.22. The third-order valence-corrected chi connectivity index (χ3v) is 9.91. The van der Waals surface area contributed by atoms with Crippen molar-refractivity contribution in [2.75, 3.05) is 0 Å². The summed E-state index contributed by atoms with van der Waals surface area (Å²) in [5.74, 6) is 0. The molecule has 0 N–H and O–H groups in total. The molecule has 0 bridgehead atoms. The molecule has 0 aliphatic heterocycles. The third-order valence-electron chi connectivity index (χ3n) is 9.91. The lowest BCUT2D eigenvalue weighted by molar-refractivity contribution is 1.58. The normalized spacial score (nSPS) is 11.2. The van der Waals surface area contributed by atoms with E-state index in [1.54, 1.807) is 0 Å². The lowest BCUT2D eigenvalue weighted by Gasteiger charge is -2.20. The molecule has 0 aromatic heterocycles. The molecule has 0 aliphatic carbocycles. The molecular formula is C50H34. The van der Waals surface area contributed by atoms with E-state index in [4.69, 9.17) is 0 Å². The largest absolute Gasteiger partial charge is 0.0622 e. The van der Waals surface area contributed by atoms with Crippen LogP contribution >= 0.6 is 0 Å². The molecule has 0 heteroatoms. The van der Waals surface area contributed by atoms with Crippen LogP contribution in [0.5, 0.6) is 0 Å². The van der Waals surface area contributed by atoms with E-state index in [1.807, 2.05) is 0 Å². The van der Waals surface area contributed by atoms with Crippen LogP contribution in [0.1, 0.15) is 0 Å². The second-order valence-corrected chi connectivity index (χ2v) is 12.9. The molecule has 0 heterocycles. The zero-order valence-corrected chi connectivity index (χ0v) is 27.6. The molecule has 0 saturated heterocycles. The van der Waals surface area contributed by atoms with E-state index in [-0.39, 0.29) is 0 Å². The van der Waals surface area contributed by atoms with Crippen molar-refractivity contribution < 1.29 is 0 Å². The standard InChI is InChI=1S/C50H34/c1-3-14-35(15-4-1)37-26-28-39(29-27-37)41-18-13-19-42(34-41)49-45-22-9-11-24-47(45)50(48-25-12-10-23-46(48)49)44-21-8-7-20-43(44)40-32-30-38(31-33-40)36-16-5-2-6-17-36/h1-34H. The van der Waals surface area contributed by atoms with Gasteiger partial charge in [0.25, 0.3) is 0 Å². The van der Waals surface area contributed by atoms with Crippen LogP contribution in [-0.4, -0.2) is 0 Å². The van der Waals surface area contributed by atoms with Gasteiger partial charge < -0.3 is 0 Å². The third kappa shape index (κ3) is 5.38. The summed E-state index contributed by atoms with van der Waals surface area (Å²) in [6.45, 7) is 0. The first-order valence-electron chi connectivity index (χ1n) is 17.3. The fraction of sp³-hybridized carbons (Fsp3) is 0. The van der Waals surface area contributed by atoms with Crippen LogP contribution in [0.2, 0.25) is 0 Å². The van der Waals surface area contributed by atoms with E-state index in [0.717, 1.165) is 0 Å². The zero-order chi connectivity index (χ0) is 33.3. The van der Waals surface area contributed by atoms with Crippen LogP contribution in [0.4, 0.5) is 0 Å². The topological polar surface area (TPSA) is 0 Å². The molecule has 9 aromatic carbocycles. The van der Waals surface area contributed by atoms with Gasteiger partial charge in [-0.3, -0.25) is 0 Å². The number of hydrogen-bond acceptors (Lipinski definition) is 0. The maximum atomic E-state index is 2.35. The molecule has 0 saturated carbocycles. The van der Waals surface area contributed by atoms with E-state index in [1.165, 1.54) is 88.3 Å². The predicted molar refractivity (Wildman–Crippen MR) is 214 cm³/mol. The summed E-state index contributed by atoms with van der Waals surface area (Å²) in [4.78, 5) is 0. The molecule has 0 radical (unpaired) electrons. The van der Waals surface area contributed by atoms with Crippen LogP contribution in [0.15, 0.2) is 206 Å². The second kappa shape index (κ2) is 12.8. The van der Waals surface area contributed by atoms with E-state index in [0.29, 0.717) is 0 Å². The Morgan fingerprint density at radius 2 is 0.520 bits per heavy atom. The lowest BCUT2D eigenvalue weighted by atomic mass is 9.83. The number of hydrogen-bond donors (Lipinski definition) is 0. The Kier molecular flexibility index (Phi) is 7.61. The molecule has 0 amide bonds. The summed E-state index contributed by atoms with van der Waals surface area (Å²) in [6.07, 6.45) is 0. The van der Waals surface area contributed by atoms with Crippen LogP contribution in [-0.2, 0) is 0 Å². The molecule has 9 aromatic rings. The fourth-order valence-corrected chi connectivity index (χ4v) is 7.50. The minimum Gasteiger partial charge on any atom is -0.0622 e. The van der Waals surface area contributed by atoms with Crippen LogP contribution in [0.3, 0.4) is 0 Å². The van der Waals surface area contributed by atoms with Gasteiger partial charge in [-0.25, -0.2) is 0 Å². The van der Waals surface area contributed by atoms with E-state index in [9.17, 15) is 0 Å². The molecule has 0 atom stereocenters. The molecule has 234 valence electrons. The SMILES string of the molecule is c1ccc(-c2ccc(-c3cccc(-c4c5ccccc5c(-c5ccccc5-c5ccc(-c6ccccc6)cc5)c5ccccc45)c3)cc2)cc1. The molecule has 0 aliphatic rings. The lowest BCUT2D eigenvalue weighted by Crippen LogP contribution is -1.93. The minimum absolute atomic E-state index is 1.21. The quantitative estimate of drug-likeness (QED) is 0.160. The first-order chi connectivity index (χ1) is 24.8. The van der Waals surface area contributed by atoms with Crippen molar-refractivity contribution in [1.82, 2.24) is 0 Å². The molecule has 0 unspecified atom stereocenters. The average molecular weight is 635 g/mol. The zero-order valence-electron chi connectivity index (χ0n) is 27.6. The summed E-state index contributed by atoms with van der Waals surface area (Å²) < 4.78 is 0. The van der Waals surface area contributed by atoms with Crippen molar-refractivity contribution in [1.29, 1.82) is 0 Å². The summed E-state index contributed by atoms with van der Waals surface area (Å²) in [5.41, 5.74) is 14.8. The molecule has 0 nitrogen and oxygen atoms in total. The van der Waals surface area contributed by atoms with Crippen molar-refractivity contribution in [3.05, 3.63) is 206 Å². The Labute approximate surface area is 293 Å². The maximum Gasteiger partial charge on any atom is -0.00201 e. The van der Waals surface area contributed by atoms with Crippen LogP contribution in [0.25, 0.3) is 88.3 Å². The molecule has 9 rings (SSSR count). The van der Waals surface area contributed by atoms with Crippen molar-refractivity contribution in [3.8, 4) is 66.8 Å². The highest BCUT2D eigenvalue weighted by Crippen LogP contribution is 2.46. The van der Waals surface area contributed by atoms with E-state index < -0.39 is 0 Å². The predicted octanol–water partition coefficient (Wildman–Crippen LogP) is 14.0. The Balaban J connectivity index is 1.19. The van der Waals surface area contributed by atoms with Gasteiger partial charge in [0.05, 0.1) is 0 Å². The van der Waals surface area contributed by atoms with Crippen molar-refractivity contribution in [3.63, 3.8) is 0 Å². The molecule has 0 spiro atoms. The van der Waals surface area contributed by atoms with Crippen molar-refractivity contribution in [2.24, 2.45) is 0 Å². The Morgan fingerprint density at radius 1 is 0.180 bits per heavy atom. The number of fused-ring (bicyclic) bond motifs is 2. The van der Waals surface area contributed by atoms with Gasteiger partial charge in [-0.05, 0) is 94.4 Å². The molecule has 0 fully saturated rings. The first-order valence-corrected chi connectivity index (χ1v) is 17.3. The monoisotopic (exact) mass is 634 g/mol.